The minimum atomic E-state index is -3.65. The van der Waals surface area contributed by atoms with E-state index in [0.717, 1.165) is 10.2 Å². The van der Waals surface area contributed by atoms with Crippen molar-refractivity contribution in [3.63, 3.8) is 0 Å². The molecule has 2 aromatic rings. The van der Waals surface area contributed by atoms with Crippen LogP contribution in [0.4, 0.5) is 0 Å². The molecule has 0 bridgehead atoms. The van der Waals surface area contributed by atoms with Crippen molar-refractivity contribution in [2.75, 3.05) is 13.1 Å². The predicted octanol–water partition coefficient (Wildman–Crippen LogP) is 0.805. The van der Waals surface area contributed by atoms with E-state index in [2.05, 4.69) is 10.3 Å². The van der Waals surface area contributed by atoms with Crippen molar-refractivity contribution in [1.82, 2.24) is 14.6 Å². The van der Waals surface area contributed by atoms with E-state index in [1.54, 1.807) is 24.6 Å². The lowest BCUT2D eigenvalue weighted by Crippen LogP contribution is -2.54. The molecule has 1 atom stereocenters. The third kappa shape index (κ3) is 2.30. The van der Waals surface area contributed by atoms with Gasteiger partial charge in [-0.1, -0.05) is 0 Å². The van der Waals surface area contributed by atoms with Crippen molar-refractivity contribution in [2.45, 2.75) is 17.9 Å². The molecule has 1 N–H and O–H groups in total. The van der Waals surface area contributed by atoms with Gasteiger partial charge in [-0.2, -0.15) is 4.31 Å². The summed E-state index contributed by atoms with van der Waals surface area (Å²) in [6.07, 6.45) is 0. The third-order valence-electron chi connectivity index (χ3n) is 3.15. The molecule has 3 rings (SSSR count). The monoisotopic (exact) mass is 311 g/mol. The quantitative estimate of drug-likeness (QED) is 0.890. The lowest BCUT2D eigenvalue weighted by atomic mass is 10.3. The lowest BCUT2D eigenvalue weighted by Gasteiger charge is -2.30. The normalized spacial score (nSPS) is 21.1. The fraction of sp³-hybridized carbons (Fsp3) is 0.333. The number of rotatable bonds is 2. The summed E-state index contributed by atoms with van der Waals surface area (Å²) < 4.78 is 27.2. The number of aromatic nitrogens is 1. The second kappa shape index (κ2) is 4.80. The number of thiazole rings is 1. The van der Waals surface area contributed by atoms with E-state index < -0.39 is 10.0 Å². The standard InChI is InChI=1S/C12H13N3O3S2/c1-8-5-15(6-12(16)14-8)20(17,18)9-2-3-10-11(4-9)19-7-13-10/h2-4,7-8H,5-6H2,1H3,(H,14,16). The topological polar surface area (TPSA) is 79.4 Å². The Morgan fingerprint density at radius 1 is 1.45 bits per heavy atom. The number of carbonyl (C=O) groups is 1. The molecule has 1 saturated heterocycles. The van der Waals surface area contributed by atoms with Crippen LogP contribution >= 0.6 is 11.3 Å². The molecular formula is C12H13N3O3S2. The molecular weight excluding hydrogens is 298 g/mol. The van der Waals surface area contributed by atoms with E-state index in [0.29, 0.717) is 0 Å². The number of piperazine rings is 1. The zero-order chi connectivity index (χ0) is 14.3. The summed E-state index contributed by atoms with van der Waals surface area (Å²) in [5.41, 5.74) is 2.45. The number of hydrogen-bond donors (Lipinski definition) is 1. The first-order chi connectivity index (χ1) is 9.46. The number of sulfonamides is 1. The van der Waals surface area contributed by atoms with Crippen LogP contribution in [0.25, 0.3) is 10.2 Å². The zero-order valence-electron chi connectivity index (χ0n) is 10.7. The maximum Gasteiger partial charge on any atom is 0.243 e. The first kappa shape index (κ1) is 13.5. The molecule has 6 nitrogen and oxygen atoms in total. The van der Waals surface area contributed by atoms with Crippen LogP contribution in [-0.2, 0) is 14.8 Å². The highest BCUT2D eigenvalue weighted by atomic mass is 32.2. The molecule has 106 valence electrons. The molecule has 1 aliphatic rings. The number of hydrogen-bond acceptors (Lipinski definition) is 5. The molecule has 1 fully saturated rings. The molecule has 20 heavy (non-hydrogen) atoms. The maximum absolute atomic E-state index is 12.6. The second-order valence-corrected chi connectivity index (χ2v) is 7.57. The van der Waals surface area contributed by atoms with Gasteiger partial charge in [-0.05, 0) is 25.1 Å². The number of fused-ring (bicyclic) bond motifs is 1. The summed E-state index contributed by atoms with van der Waals surface area (Å²) in [5.74, 6) is -0.272. The molecule has 0 radical (unpaired) electrons. The average molecular weight is 311 g/mol. The Morgan fingerprint density at radius 2 is 2.25 bits per heavy atom. The number of nitrogens with one attached hydrogen (secondary N) is 1. The van der Waals surface area contributed by atoms with Crippen molar-refractivity contribution >= 4 is 37.5 Å². The van der Waals surface area contributed by atoms with Crippen LogP contribution in [-0.4, -0.2) is 42.7 Å². The molecule has 2 heterocycles. The van der Waals surface area contributed by atoms with Gasteiger partial charge in [0.05, 0.1) is 27.2 Å². The fourth-order valence-electron chi connectivity index (χ4n) is 2.22. The Morgan fingerprint density at radius 3 is 3.00 bits per heavy atom. The second-order valence-electron chi connectivity index (χ2n) is 4.75. The third-order valence-corrected chi connectivity index (χ3v) is 5.74. The Hall–Kier alpha value is -1.51. The van der Waals surface area contributed by atoms with Gasteiger partial charge in [-0.25, -0.2) is 13.4 Å². The highest BCUT2D eigenvalue weighted by Crippen LogP contribution is 2.24. The van der Waals surface area contributed by atoms with Crippen LogP contribution in [0.5, 0.6) is 0 Å². The summed E-state index contributed by atoms with van der Waals surface area (Å²) in [6.45, 7) is 1.94. The highest BCUT2D eigenvalue weighted by molar-refractivity contribution is 7.89. The van der Waals surface area contributed by atoms with E-state index in [1.165, 1.54) is 21.7 Å². The van der Waals surface area contributed by atoms with E-state index in [-0.39, 0.29) is 29.9 Å². The van der Waals surface area contributed by atoms with Gasteiger partial charge in [0, 0.05) is 12.6 Å². The number of amides is 1. The fourth-order valence-corrected chi connectivity index (χ4v) is 4.53. The Kier molecular flexibility index (Phi) is 3.23. The Balaban J connectivity index is 2.00. The van der Waals surface area contributed by atoms with Gasteiger partial charge >= 0.3 is 0 Å². The summed E-state index contributed by atoms with van der Waals surface area (Å²) in [7, 11) is -3.65. The van der Waals surface area contributed by atoms with Gasteiger partial charge in [-0.3, -0.25) is 4.79 Å². The van der Waals surface area contributed by atoms with Gasteiger partial charge in [0.15, 0.2) is 0 Å². The SMILES string of the molecule is CC1CN(S(=O)(=O)c2ccc3ncsc3c2)CC(=O)N1. The number of carbonyl (C=O) groups excluding carboxylic acids is 1. The van der Waals surface area contributed by atoms with Gasteiger partial charge < -0.3 is 5.32 Å². The van der Waals surface area contributed by atoms with Crippen molar-refractivity contribution in [3.05, 3.63) is 23.7 Å². The molecule has 0 spiro atoms. The molecule has 1 aliphatic heterocycles. The summed E-state index contributed by atoms with van der Waals surface area (Å²) >= 11 is 1.39. The maximum atomic E-state index is 12.6. The molecule has 1 amide bonds. The molecule has 1 unspecified atom stereocenters. The zero-order valence-corrected chi connectivity index (χ0v) is 12.4. The van der Waals surface area contributed by atoms with Crippen LogP contribution in [0, 0.1) is 0 Å². The van der Waals surface area contributed by atoms with Gasteiger partial charge in [0.25, 0.3) is 0 Å². The minimum Gasteiger partial charge on any atom is -0.351 e. The molecule has 1 aromatic carbocycles. The summed E-state index contributed by atoms with van der Waals surface area (Å²) in [5, 5.41) is 2.71. The minimum absolute atomic E-state index is 0.132. The highest BCUT2D eigenvalue weighted by Gasteiger charge is 2.32. The average Bonchev–Trinajstić information content (AvgIpc) is 2.84. The van der Waals surface area contributed by atoms with Crippen LogP contribution in [0.2, 0.25) is 0 Å². The molecule has 0 saturated carbocycles. The van der Waals surface area contributed by atoms with E-state index in [1.807, 2.05) is 0 Å². The van der Waals surface area contributed by atoms with E-state index in [9.17, 15) is 13.2 Å². The predicted molar refractivity (Wildman–Crippen MR) is 76.0 cm³/mol. The molecule has 0 aliphatic carbocycles. The van der Waals surface area contributed by atoms with Gasteiger partial charge in [-0.15, -0.1) is 11.3 Å². The molecule has 8 heteroatoms. The van der Waals surface area contributed by atoms with Crippen molar-refractivity contribution in [2.24, 2.45) is 0 Å². The van der Waals surface area contributed by atoms with Crippen LogP contribution in [0.1, 0.15) is 6.92 Å². The van der Waals surface area contributed by atoms with Crippen LogP contribution in [0.15, 0.2) is 28.6 Å². The molecule has 1 aromatic heterocycles. The lowest BCUT2D eigenvalue weighted by molar-refractivity contribution is -0.123. The van der Waals surface area contributed by atoms with Crippen LogP contribution in [0.3, 0.4) is 0 Å². The Labute approximate surface area is 120 Å². The van der Waals surface area contributed by atoms with Gasteiger partial charge in [0.2, 0.25) is 15.9 Å². The smallest absolute Gasteiger partial charge is 0.243 e. The first-order valence-electron chi connectivity index (χ1n) is 6.09. The van der Waals surface area contributed by atoms with Crippen molar-refractivity contribution < 1.29 is 13.2 Å². The van der Waals surface area contributed by atoms with Crippen molar-refractivity contribution in [3.8, 4) is 0 Å². The number of benzene rings is 1. The van der Waals surface area contributed by atoms with Crippen molar-refractivity contribution in [1.29, 1.82) is 0 Å². The van der Waals surface area contributed by atoms with E-state index in [4.69, 9.17) is 0 Å². The van der Waals surface area contributed by atoms with Crippen LogP contribution < -0.4 is 5.32 Å². The summed E-state index contributed by atoms with van der Waals surface area (Å²) in [4.78, 5) is 15.8. The largest absolute Gasteiger partial charge is 0.351 e. The number of nitrogens with zero attached hydrogens (tertiary/aromatic N) is 2. The first-order valence-corrected chi connectivity index (χ1v) is 8.41. The summed E-state index contributed by atoms with van der Waals surface area (Å²) in [6, 6.07) is 4.65. The van der Waals surface area contributed by atoms with Gasteiger partial charge in [0.1, 0.15) is 0 Å². The Bertz CT molecular complexity index is 769. The van der Waals surface area contributed by atoms with E-state index >= 15 is 0 Å².